The van der Waals surface area contributed by atoms with E-state index in [0.717, 1.165) is 30.6 Å². The van der Waals surface area contributed by atoms with E-state index in [4.69, 9.17) is 4.74 Å². The van der Waals surface area contributed by atoms with Gasteiger partial charge in [-0.25, -0.2) is 4.79 Å². The van der Waals surface area contributed by atoms with Crippen molar-refractivity contribution in [2.75, 3.05) is 7.11 Å². The average Bonchev–Trinajstić information content (AvgIpc) is 2.49. The highest BCUT2D eigenvalue weighted by atomic mass is 16.7. The van der Waals surface area contributed by atoms with Crippen LogP contribution < -0.4 is 0 Å². The largest absolute Gasteiger partial charge is 0.508 e. The van der Waals surface area contributed by atoms with Gasteiger partial charge in [-0.2, -0.15) is 0 Å². The maximum Gasteiger partial charge on any atom is 0.508 e. The van der Waals surface area contributed by atoms with Crippen molar-refractivity contribution in [1.29, 1.82) is 0 Å². The van der Waals surface area contributed by atoms with Crippen LogP contribution in [0.15, 0.2) is 0 Å². The summed E-state index contributed by atoms with van der Waals surface area (Å²) in [5.74, 6) is 2.80. The zero-order valence-corrected chi connectivity index (χ0v) is 13.1. The highest BCUT2D eigenvalue weighted by Crippen LogP contribution is 2.41. The molecule has 20 heavy (non-hydrogen) atoms. The van der Waals surface area contributed by atoms with Gasteiger partial charge in [-0.3, -0.25) is 0 Å². The van der Waals surface area contributed by atoms with Gasteiger partial charge in [0, 0.05) is 0 Å². The lowest BCUT2D eigenvalue weighted by Crippen LogP contribution is -2.29. The third-order valence-corrected chi connectivity index (χ3v) is 5.40. The van der Waals surface area contributed by atoms with Crippen molar-refractivity contribution < 1.29 is 14.3 Å². The van der Waals surface area contributed by atoms with Crippen molar-refractivity contribution in [2.45, 2.75) is 77.2 Å². The minimum atomic E-state index is -0.520. The molecular formula is C17H30O3. The van der Waals surface area contributed by atoms with Crippen molar-refractivity contribution in [3.63, 3.8) is 0 Å². The quantitative estimate of drug-likeness (QED) is 0.685. The molecule has 0 aromatic carbocycles. The SMILES string of the molecule is CCC[C@H]1CC[C@H](C2CCC(OC(=O)OC)CC2)CC1. The second kappa shape index (κ2) is 7.90. The molecule has 0 amide bonds. The Morgan fingerprint density at radius 3 is 2.00 bits per heavy atom. The summed E-state index contributed by atoms with van der Waals surface area (Å²) in [5, 5.41) is 0. The summed E-state index contributed by atoms with van der Waals surface area (Å²) in [6.45, 7) is 2.30. The highest BCUT2D eigenvalue weighted by molar-refractivity contribution is 5.59. The highest BCUT2D eigenvalue weighted by Gasteiger charge is 2.31. The third-order valence-electron chi connectivity index (χ3n) is 5.40. The topological polar surface area (TPSA) is 35.5 Å². The van der Waals surface area contributed by atoms with Crippen molar-refractivity contribution in [1.82, 2.24) is 0 Å². The summed E-state index contributed by atoms with van der Waals surface area (Å²) < 4.78 is 9.83. The maximum atomic E-state index is 11.1. The molecule has 2 fully saturated rings. The van der Waals surface area contributed by atoms with Gasteiger partial charge in [0.2, 0.25) is 0 Å². The van der Waals surface area contributed by atoms with E-state index in [9.17, 15) is 4.79 Å². The van der Waals surface area contributed by atoms with E-state index in [-0.39, 0.29) is 6.10 Å². The Kier molecular flexibility index (Phi) is 6.18. The first-order chi connectivity index (χ1) is 9.72. The number of hydrogen-bond donors (Lipinski definition) is 0. The van der Waals surface area contributed by atoms with E-state index in [1.165, 1.54) is 58.5 Å². The molecule has 2 aliphatic carbocycles. The normalized spacial score (nSPS) is 34.5. The summed E-state index contributed by atoms with van der Waals surface area (Å²) in [6.07, 6.45) is 12.6. The summed E-state index contributed by atoms with van der Waals surface area (Å²) in [5.41, 5.74) is 0. The first kappa shape index (κ1) is 15.7. The lowest BCUT2D eigenvalue weighted by molar-refractivity contribution is 0.00913. The molecule has 3 heteroatoms. The second-order valence-corrected chi connectivity index (χ2v) is 6.68. The fourth-order valence-corrected chi connectivity index (χ4v) is 4.22. The van der Waals surface area contributed by atoms with E-state index < -0.39 is 6.16 Å². The van der Waals surface area contributed by atoms with Crippen LogP contribution in [0.3, 0.4) is 0 Å². The molecule has 0 atom stereocenters. The lowest BCUT2D eigenvalue weighted by Gasteiger charge is -2.37. The van der Waals surface area contributed by atoms with Crippen molar-refractivity contribution in [2.24, 2.45) is 17.8 Å². The van der Waals surface area contributed by atoms with Gasteiger partial charge in [0.15, 0.2) is 0 Å². The molecule has 3 nitrogen and oxygen atoms in total. The summed E-state index contributed by atoms with van der Waals surface area (Å²) in [6, 6.07) is 0. The third kappa shape index (κ3) is 4.39. The summed E-state index contributed by atoms with van der Waals surface area (Å²) in [4.78, 5) is 11.1. The Balaban J connectivity index is 1.68. The van der Waals surface area contributed by atoms with Gasteiger partial charge in [0.25, 0.3) is 0 Å². The van der Waals surface area contributed by atoms with Crippen molar-refractivity contribution >= 4 is 6.16 Å². The smallest absolute Gasteiger partial charge is 0.438 e. The predicted molar refractivity (Wildman–Crippen MR) is 79.6 cm³/mol. The molecule has 0 aliphatic heterocycles. The Morgan fingerprint density at radius 1 is 0.950 bits per heavy atom. The van der Waals surface area contributed by atoms with E-state index >= 15 is 0 Å². The molecule has 2 rings (SSSR count). The Hall–Kier alpha value is -0.730. The standard InChI is InChI=1S/C17H30O3/c1-3-4-13-5-7-14(8-6-13)15-9-11-16(12-10-15)20-17(18)19-2/h13-16H,3-12H2,1-2H3/t13-,14-,15?,16?. The monoisotopic (exact) mass is 282 g/mol. The van der Waals surface area contributed by atoms with Crippen LogP contribution in [0.5, 0.6) is 0 Å². The Morgan fingerprint density at radius 2 is 1.50 bits per heavy atom. The minimum absolute atomic E-state index is 0.0927. The molecule has 0 aromatic rings. The molecular weight excluding hydrogens is 252 g/mol. The van der Waals surface area contributed by atoms with Gasteiger partial charge >= 0.3 is 6.16 Å². The van der Waals surface area contributed by atoms with Crippen LogP contribution in [0.2, 0.25) is 0 Å². The van der Waals surface area contributed by atoms with Gasteiger partial charge in [-0.15, -0.1) is 0 Å². The van der Waals surface area contributed by atoms with Gasteiger partial charge in [0.1, 0.15) is 6.10 Å². The van der Waals surface area contributed by atoms with Crippen LogP contribution in [0.1, 0.15) is 71.1 Å². The van der Waals surface area contributed by atoms with Crippen LogP contribution >= 0.6 is 0 Å². The van der Waals surface area contributed by atoms with Crippen molar-refractivity contribution in [3.8, 4) is 0 Å². The van der Waals surface area contributed by atoms with Gasteiger partial charge in [-0.05, 0) is 56.3 Å². The van der Waals surface area contributed by atoms with Gasteiger partial charge in [0.05, 0.1) is 7.11 Å². The fraction of sp³-hybridized carbons (Fsp3) is 0.941. The van der Waals surface area contributed by atoms with E-state index in [2.05, 4.69) is 11.7 Å². The molecule has 0 heterocycles. The first-order valence-corrected chi connectivity index (χ1v) is 8.47. The molecule has 0 bridgehead atoms. The molecule has 0 aromatic heterocycles. The van der Waals surface area contributed by atoms with Gasteiger partial charge in [-0.1, -0.05) is 32.6 Å². The van der Waals surface area contributed by atoms with Gasteiger partial charge < -0.3 is 9.47 Å². The zero-order chi connectivity index (χ0) is 14.4. The van der Waals surface area contributed by atoms with Crippen LogP contribution in [0.25, 0.3) is 0 Å². The molecule has 0 spiro atoms. The minimum Gasteiger partial charge on any atom is -0.438 e. The Labute approximate surface area is 123 Å². The predicted octanol–water partition coefficient (Wildman–Crippen LogP) is 4.93. The molecule has 2 aliphatic rings. The number of methoxy groups -OCH3 is 1. The number of ether oxygens (including phenoxy) is 2. The number of hydrogen-bond acceptors (Lipinski definition) is 3. The van der Waals surface area contributed by atoms with Crippen molar-refractivity contribution in [3.05, 3.63) is 0 Å². The van der Waals surface area contributed by atoms with Crippen LogP contribution in [-0.2, 0) is 9.47 Å². The molecule has 2 saturated carbocycles. The van der Waals surface area contributed by atoms with Crippen LogP contribution in [-0.4, -0.2) is 19.4 Å². The van der Waals surface area contributed by atoms with Crippen LogP contribution in [0, 0.1) is 17.8 Å². The molecule has 0 unspecified atom stereocenters. The molecule has 0 radical (unpaired) electrons. The zero-order valence-electron chi connectivity index (χ0n) is 13.1. The number of carbonyl (C=O) groups excluding carboxylic acids is 1. The first-order valence-electron chi connectivity index (χ1n) is 8.47. The van der Waals surface area contributed by atoms with E-state index in [1.54, 1.807) is 0 Å². The Bertz CT molecular complexity index is 287. The second-order valence-electron chi connectivity index (χ2n) is 6.68. The lowest BCUT2D eigenvalue weighted by atomic mass is 9.70. The molecule has 0 saturated heterocycles. The fourth-order valence-electron chi connectivity index (χ4n) is 4.22. The maximum absolute atomic E-state index is 11.1. The molecule has 0 N–H and O–H groups in total. The number of carbonyl (C=O) groups is 1. The number of rotatable bonds is 4. The summed E-state index contributed by atoms with van der Waals surface area (Å²) in [7, 11) is 1.38. The summed E-state index contributed by atoms with van der Waals surface area (Å²) >= 11 is 0. The van der Waals surface area contributed by atoms with E-state index in [0.29, 0.717) is 0 Å². The average molecular weight is 282 g/mol. The molecule has 116 valence electrons. The van der Waals surface area contributed by atoms with Crippen LogP contribution in [0.4, 0.5) is 4.79 Å². The van der Waals surface area contributed by atoms with E-state index in [1.807, 2.05) is 0 Å².